The summed E-state index contributed by atoms with van der Waals surface area (Å²) < 4.78 is 6.79. The van der Waals surface area contributed by atoms with Gasteiger partial charge in [-0.3, -0.25) is 9.59 Å². The quantitative estimate of drug-likeness (QED) is 0.330. The fourth-order valence-corrected chi connectivity index (χ4v) is 3.32. The molecule has 0 spiro atoms. The molecule has 0 radical (unpaired) electrons. The minimum absolute atomic E-state index is 0. The molecule has 3 aromatic rings. The Bertz CT molecular complexity index is 1220. The molecule has 0 saturated carbocycles. The summed E-state index contributed by atoms with van der Waals surface area (Å²) in [6, 6.07) is 3.06. The molecule has 0 fully saturated rings. The molecule has 1 aromatic carbocycles. The first-order valence-corrected chi connectivity index (χ1v) is 8.40. The van der Waals surface area contributed by atoms with E-state index in [0.717, 1.165) is 12.1 Å². The van der Waals surface area contributed by atoms with E-state index in [4.69, 9.17) is 4.42 Å². The summed E-state index contributed by atoms with van der Waals surface area (Å²) in [6.45, 7) is 3.76. The van der Waals surface area contributed by atoms with E-state index in [1.165, 1.54) is 10.6 Å². The monoisotopic (exact) mass is 392 g/mol. The number of fused-ring (bicyclic) bond motifs is 2. The maximum absolute atomic E-state index is 12.5. The number of rotatable bonds is 5. The number of aromatic nitrogens is 1. The van der Waals surface area contributed by atoms with Crippen molar-refractivity contribution in [2.45, 2.75) is 33.2 Å². The van der Waals surface area contributed by atoms with E-state index in [-0.39, 0.29) is 63.7 Å². The van der Waals surface area contributed by atoms with Crippen molar-refractivity contribution in [3.05, 3.63) is 55.7 Å². The molecule has 0 bridgehead atoms. The van der Waals surface area contributed by atoms with E-state index in [9.17, 15) is 29.4 Å². The number of aryl methyl sites for hydroxylation is 2. The summed E-state index contributed by atoms with van der Waals surface area (Å²) in [5, 5.41) is 22.9. The van der Waals surface area contributed by atoms with E-state index in [1.54, 1.807) is 6.92 Å². The van der Waals surface area contributed by atoms with Crippen molar-refractivity contribution >= 4 is 33.8 Å². The third kappa shape index (κ3) is 3.50. The molecular weight excluding hydrogens is 377 g/mol. The van der Waals surface area contributed by atoms with Gasteiger partial charge in [-0.05, 0) is 19.4 Å². The minimum atomic E-state index is -1.65. The molecule has 2 aromatic heterocycles. The van der Waals surface area contributed by atoms with Gasteiger partial charge in [-0.1, -0.05) is 13.3 Å². The Labute approximate surface area is 180 Å². The molecule has 3 rings (SSSR count). The van der Waals surface area contributed by atoms with Gasteiger partial charge in [0.05, 0.1) is 22.6 Å². The molecule has 0 aliphatic heterocycles. The number of pyridine rings is 1. The van der Waals surface area contributed by atoms with Gasteiger partial charge in [0.1, 0.15) is 11.6 Å². The second kappa shape index (κ2) is 8.30. The average molecular weight is 392 g/mol. The van der Waals surface area contributed by atoms with Crippen molar-refractivity contribution < 1.29 is 53.8 Å². The molecule has 0 N–H and O–H groups in total. The van der Waals surface area contributed by atoms with Crippen LogP contribution in [0.4, 0.5) is 0 Å². The first-order chi connectivity index (χ1) is 12.8. The van der Waals surface area contributed by atoms with Crippen LogP contribution < -0.4 is 50.6 Å². The van der Waals surface area contributed by atoms with Crippen molar-refractivity contribution in [3.8, 4) is 0 Å². The molecule has 2 heterocycles. The molecular formula is C19H15NNaO7-. The topological polar surface area (TPSA) is 132 Å². The Morgan fingerprint density at radius 3 is 2.18 bits per heavy atom. The number of hydrogen-bond donors (Lipinski definition) is 0. The number of hydrogen-bond acceptors (Lipinski definition) is 7. The molecule has 0 atom stereocenters. The van der Waals surface area contributed by atoms with Crippen LogP contribution in [0.15, 0.2) is 32.2 Å². The van der Waals surface area contributed by atoms with E-state index >= 15 is 0 Å². The fraction of sp³-hybridized carbons (Fsp3) is 0.263. The number of carboxylic acid groups (broad SMARTS) is 2. The number of nitrogens with zero attached hydrogens (tertiary/aromatic N) is 1. The zero-order valence-electron chi connectivity index (χ0n) is 15.7. The minimum Gasteiger partial charge on any atom is -0.543 e. The van der Waals surface area contributed by atoms with Crippen LogP contribution in [0.3, 0.4) is 0 Å². The fourth-order valence-electron chi connectivity index (χ4n) is 3.32. The van der Waals surface area contributed by atoms with Crippen molar-refractivity contribution in [2.75, 3.05) is 0 Å². The molecule has 140 valence electrons. The van der Waals surface area contributed by atoms with Crippen LogP contribution in [0.5, 0.6) is 0 Å². The van der Waals surface area contributed by atoms with Gasteiger partial charge in [-0.15, -0.1) is 0 Å². The molecule has 0 aliphatic carbocycles. The summed E-state index contributed by atoms with van der Waals surface area (Å²) in [5.41, 5.74) is -0.805. The zero-order valence-corrected chi connectivity index (χ0v) is 17.7. The van der Waals surface area contributed by atoms with Gasteiger partial charge in [0.2, 0.25) is 0 Å². The van der Waals surface area contributed by atoms with Crippen molar-refractivity contribution in [3.63, 3.8) is 0 Å². The maximum Gasteiger partial charge on any atom is 1.00 e. The second-order valence-electron chi connectivity index (χ2n) is 6.07. The third-order valence-electron chi connectivity index (χ3n) is 4.41. The standard InChI is InChI=1S/C19H17NO7.Na/c1-3-5-9-16-10(13(21)7-12(18(23)24)20(16)4-2)6-11-14(22)8-15(19(25)26)27-17(9)11;/h6-8H,3-5H2,1-2H3,(H,23,24)(H,25,26);/q;+1/p-2. The maximum atomic E-state index is 12.5. The van der Waals surface area contributed by atoms with Crippen molar-refractivity contribution in [1.82, 2.24) is 4.57 Å². The predicted molar refractivity (Wildman–Crippen MR) is 92.6 cm³/mol. The van der Waals surface area contributed by atoms with Gasteiger partial charge in [0.25, 0.3) is 0 Å². The number of benzene rings is 1. The van der Waals surface area contributed by atoms with Crippen LogP contribution in [-0.4, -0.2) is 16.5 Å². The molecule has 0 saturated heterocycles. The molecule has 0 amide bonds. The smallest absolute Gasteiger partial charge is 0.543 e. The number of carbonyl (C=O) groups excluding carboxylic acids is 2. The number of carboxylic acids is 2. The molecule has 28 heavy (non-hydrogen) atoms. The summed E-state index contributed by atoms with van der Waals surface area (Å²) >= 11 is 0. The largest absolute Gasteiger partial charge is 1.00 e. The van der Waals surface area contributed by atoms with Crippen LogP contribution in [0.25, 0.3) is 21.9 Å². The van der Waals surface area contributed by atoms with Crippen LogP contribution >= 0.6 is 0 Å². The SMILES string of the molecule is CCCc1c2oc(C(=O)[O-])cc(=O)c2cc2c(=O)cc(C(=O)[O-])n(CC)c12.[Na+]. The molecule has 0 unspecified atom stereocenters. The normalized spacial score (nSPS) is 10.8. The third-order valence-corrected chi connectivity index (χ3v) is 4.41. The molecule has 9 heteroatoms. The van der Waals surface area contributed by atoms with Crippen molar-refractivity contribution in [1.29, 1.82) is 0 Å². The Balaban J connectivity index is 0.00000280. The first kappa shape index (κ1) is 21.9. The van der Waals surface area contributed by atoms with Gasteiger partial charge in [-0.2, -0.15) is 0 Å². The molecule has 0 aliphatic rings. The Kier molecular flexibility index (Phi) is 6.48. The van der Waals surface area contributed by atoms with Crippen LogP contribution in [0.2, 0.25) is 0 Å². The predicted octanol–water partition coefficient (Wildman–Crippen LogP) is -3.19. The van der Waals surface area contributed by atoms with Gasteiger partial charge in [-0.25, -0.2) is 0 Å². The Morgan fingerprint density at radius 1 is 1.00 bits per heavy atom. The Morgan fingerprint density at radius 2 is 1.64 bits per heavy atom. The summed E-state index contributed by atoms with van der Waals surface area (Å²) in [6.07, 6.45) is 0.921. The number of carbonyl (C=O) groups is 2. The number of aromatic carboxylic acids is 2. The van der Waals surface area contributed by atoms with Crippen molar-refractivity contribution in [2.24, 2.45) is 0 Å². The summed E-state index contributed by atoms with van der Waals surface area (Å²) in [5.74, 6) is -3.79. The van der Waals surface area contributed by atoms with Crippen LogP contribution in [-0.2, 0) is 13.0 Å². The van der Waals surface area contributed by atoms with Crippen LogP contribution in [0, 0.1) is 0 Å². The van der Waals surface area contributed by atoms with Gasteiger partial charge in [0, 0.05) is 29.6 Å². The van der Waals surface area contributed by atoms with E-state index in [1.807, 2.05) is 6.92 Å². The Hall–Kier alpha value is -2.42. The van der Waals surface area contributed by atoms with Gasteiger partial charge < -0.3 is 28.8 Å². The summed E-state index contributed by atoms with van der Waals surface area (Å²) in [4.78, 5) is 47.5. The first-order valence-electron chi connectivity index (χ1n) is 8.40. The van der Waals surface area contributed by atoms with Gasteiger partial charge >= 0.3 is 29.6 Å². The van der Waals surface area contributed by atoms with Gasteiger partial charge in [0.15, 0.2) is 16.6 Å². The van der Waals surface area contributed by atoms with E-state index in [0.29, 0.717) is 18.4 Å². The van der Waals surface area contributed by atoms with Crippen LogP contribution in [0.1, 0.15) is 46.9 Å². The van der Waals surface area contributed by atoms with E-state index in [2.05, 4.69) is 0 Å². The second-order valence-corrected chi connectivity index (χ2v) is 6.07. The summed E-state index contributed by atoms with van der Waals surface area (Å²) in [7, 11) is 0. The zero-order chi connectivity index (χ0) is 19.9. The van der Waals surface area contributed by atoms with E-state index < -0.39 is 28.6 Å². The molecule has 8 nitrogen and oxygen atoms in total. The average Bonchev–Trinajstić information content (AvgIpc) is 2.62.